The van der Waals surface area contributed by atoms with Gasteiger partial charge < -0.3 is 24.3 Å². The van der Waals surface area contributed by atoms with Gasteiger partial charge in [-0.25, -0.2) is 9.59 Å². The smallest absolute Gasteiger partial charge is 0.407 e. The largest absolute Gasteiger partial charge is 0.467 e. The zero-order valence-electron chi connectivity index (χ0n) is 22.4. The molecule has 0 aromatic heterocycles. The van der Waals surface area contributed by atoms with Crippen molar-refractivity contribution in [2.45, 2.75) is 24.7 Å². The molecule has 8 nitrogen and oxygen atoms in total. The van der Waals surface area contributed by atoms with Crippen LogP contribution in [0.3, 0.4) is 0 Å². The third-order valence-corrected chi connectivity index (χ3v) is 6.76. The van der Waals surface area contributed by atoms with Crippen LogP contribution in [0.25, 0.3) is 11.1 Å². The van der Waals surface area contributed by atoms with Crippen molar-refractivity contribution in [1.82, 2.24) is 5.32 Å². The molecule has 0 bridgehead atoms. The van der Waals surface area contributed by atoms with E-state index >= 15 is 0 Å². The maximum absolute atomic E-state index is 12.4. The molecular formula is C33H28NO7. The Labute approximate surface area is 238 Å². The molecule has 0 saturated carbocycles. The van der Waals surface area contributed by atoms with Gasteiger partial charge in [0.1, 0.15) is 12.4 Å². The van der Waals surface area contributed by atoms with Crippen LogP contribution in [0.5, 0.6) is 5.75 Å². The zero-order valence-corrected chi connectivity index (χ0v) is 22.4. The van der Waals surface area contributed by atoms with Gasteiger partial charge in [0.2, 0.25) is 6.29 Å². The fourth-order valence-corrected chi connectivity index (χ4v) is 4.80. The molecule has 207 valence electrons. The van der Waals surface area contributed by atoms with Crippen LogP contribution in [-0.2, 0) is 19.0 Å². The first-order valence-corrected chi connectivity index (χ1v) is 13.2. The summed E-state index contributed by atoms with van der Waals surface area (Å²) in [5, 5.41) is 2.73. The number of hydrogen-bond acceptors (Lipinski definition) is 7. The van der Waals surface area contributed by atoms with Crippen LogP contribution in [-0.4, -0.2) is 51.0 Å². The highest BCUT2D eigenvalue weighted by Crippen LogP contribution is 2.44. The summed E-state index contributed by atoms with van der Waals surface area (Å²) in [5.41, 5.74) is 5.51. The normalized spacial score (nSPS) is 17.3. The molecule has 1 N–H and O–H groups in total. The topological polar surface area (TPSA) is 100 Å². The quantitative estimate of drug-likeness (QED) is 0.188. The summed E-state index contributed by atoms with van der Waals surface area (Å²) in [6, 6.07) is 21.2. The number of carbonyl (C=O) groups is 3. The van der Waals surface area contributed by atoms with E-state index in [-0.39, 0.29) is 19.1 Å². The number of esters is 1. The van der Waals surface area contributed by atoms with Crippen molar-refractivity contribution < 1.29 is 33.3 Å². The lowest BCUT2D eigenvalue weighted by Crippen LogP contribution is -2.38. The number of rotatable bonds is 8. The van der Waals surface area contributed by atoms with Crippen LogP contribution >= 0.6 is 0 Å². The maximum Gasteiger partial charge on any atom is 0.407 e. The van der Waals surface area contributed by atoms with Crippen LogP contribution in [0, 0.1) is 31.1 Å². The van der Waals surface area contributed by atoms with E-state index < -0.39 is 24.5 Å². The average Bonchev–Trinajstić information content (AvgIpc) is 3.33. The van der Waals surface area contributed by atoms with Crippen LogP contribution in [0.4, 0.5) is 4.79 Å². The Kier molecular flexibility index (Phi) is 8.97. The summed E-state index contributed by atoms with van der Waals surface area (Å²) in [6.45, 7) is 0.516. The second-order valence-corrected chi connectivity index (χ2v) is 9.31. The molecule has 1 aliphatic carbocycles. The molecule has 2 aliphatic rings. The second-order valence-electron chi connectivity index (χ2n) is 9.31. The van der Waals surface area contributed by atoms with Gasteiger partial charge in [0, 0.05) is 42.9 Å². The van der Waals surface area contributed by atoms with Gasteiger partial charge in [-0.05, 0) is 46.9 Å². The van der Waals surface area contributed by atoms with E-state index in [1.165, 1.54) is 18.2 Å². The van der Waals surface area contributed by atoms with Gasteiger partial charge in [0.15, 0.2) is 12.4 Å². The minimum atomic E-state index is -0.868. The fraction of sp³-hybridized carbons (Fsp3) is 0.212. The van der Waals surface area contributed by atoms with Gasteiger partial charge >= 0.3 is 12.1 Å². The van der Waals surface area contributed by atoms with Gasteiger partial charge in [-0.3, -0.25) is 4.79 Å². The summed E-state index contributed by atoms with van der Waals surface area (Å²) < 4.78 is 21.6. The predicted octanol–water partition coefficient (Wildman–Crippen LogP) is 4.67. The number of carbonyl (C=O) groups excluding carboxylic acids is 3. The van der Waals surface area contributed by atoms with Crippen molar-refractivity contribution in [1.29, 1.82) is 0 Å². The summed E-state index contributed by atoms with van der Waals surface area (Å²) >= 11 is 0. The minimum Gasteiger partial charge on any atom is -0.467 e. The molecular weight excluding hydrogens is 522 g/mol. The molecule has 41 heavy (non-hydrogen) atoms. The van der Waals surface area contributed by atoms with Crippen molar-refractivity contribution in [3.05, 3.63) is 108 Å². The number of nitrogens with one attached hydrogen (secondary N) is 1. The Morgan fingerprint density at radius 3 is 2.44 bits per heavy atom. The van der Waals surface area contributed by atoms with Gasteiger partial charge in [0.05, 0.1) is 7.11 Å². The number of alkyl carbamates (subject to hydrolysis) is 1. The van der Waals surface area contributed by atoms with E-state index in [9.17, 15) is 14.4 Å². The Hall–Kier alpha value is -4.61. The van der Waals surface area contributed by atoms with E-state index in [2.05, 4.69) is 41.4 Å². The first kappa shape index (κ1) is 27.9. The van der Waals surface area contributed by atoms with Crippen LogP contribution < -0.4 is 10.1 Å². The highest BCUT2D eigenvalue weighted by Gasteiger charge is 2.31. The number of methoxy groups -OCH3 is 1. The third-order valence-electron chi connectivity index (χ3n) is 6.76. The van der Waals surface area contributed by atoms with E-state index in [1.54, 1.807) is 37.5 Å². The Balaban J connectivity index is 1.12. The summed E-state index contributed by atoms with van der Waals surface area (Å²) in [4.78, 5) is 35.6. The molecule has 0 spiro atoms. The molecule has 1 aliphatic heterocycles. The van der Waals surface area contributed by atoms with Gasteiger partial charge in [-0.1, -0.05) is 60.4 Å². The van der Waals surface area contributed by atoms with E-state index in [0.29, 0.717) is 29.6 Å². The molecule has 1 heterocycles. The maximum atomic E-state index is 12.4. The number of amides is 1. The first-order valence-electron chi connectivity index (χ1n) is 13.2. The van der Waals surface area contributed by atoms with Crippen LogP contribution in [0.15, 0.2) is 66.7 Å². The number of benzene rings is 3. The lowest BCUT2D eigenvalue weighted by atomic mass is 9.98. The highest BCUT2D eigenvalue weighted by atomic mass is 16.7. The molecule has 3 aromatic rings. The van der Waals surface area contributed by atoms with Crippen molar-refractivity contribution >= 4 is 18.3 Å². The van der Waals surface area contributed by atoms with Crippen molar-refractivity contribution in [3.8, 4) is 28.7 Å². The van der Waals surface area contributed by atoms with Gasteiger partial charge in [-0.2, -0.15) is 0 Å². The highest BCUT2D eigenvalue weighted by molar-refractivity contribution is 5.80. The standard InChI is InChI=1S/C33H28NO7/c1-38-32(36)30-14-8-15-31(41-30)40-24-17-16-23(20-35)22(19-24)9-6-7-18-34-33(37)39-21-29-27-12-4-2-10-25(27)26-11-3-5-13-28(26)29/h2-5,8,10-17,19-20,29-31H,7,18,21H2,1H3,(H,34,37)/t30-,31+/m0/s1. The molecule has 3 aromatic carbocycles. The molecule has 5 rings (SSSR count). The molecule has 3 radical (unpaired) electrons. The molecule has 8 heteroatoms. The van der Waals surface area contributed by atoms with Crippen molar-refractivity contribution in [2.75, 3.05) is 20.3 Å². The van der Waals surface area contributed by atoms with Crippen molar-refractivity contribution in [2.24, 2.45) is 0 Å². The number of fused-ring (bicyclic) bond motifs is 3. The predicted molar refractivity (Wildman–Crippen MR) is 151 cm³/mol. The molecule has 0 unspecified atom stereocenters. The average molecular weight is 551 g/mol. The molecule has 2 atom stereocenters. The van der Waals surface area contributed by atoms with E-state index in [4.69, 9.17) is 18.9 Å². The first-order chi connectivity index (χ1) is 20.1. The van der Waals surface area contributed by atoms with Gasteiger partial charge in [0.25, 0.3) is 0 Å². The van der Waals surface area contributed by atoms with E-state index in [0.717, 1.165) is 11.1 Å². The number of hydrogen-bond donors (Lipinski definition) is 1. The Morgan fingerprint density at radius 2 is 1.73 bits per heavy atom. The Bertz CT molecular complexity index is 1440. The minimum absolute atomic E-state index is 0.0109. The van der Waals surface area contributed by atoms with Crippen LogP contribution in [0.1, 0.15) is 39.4 Å². The number of aldehydes is 1. The number of ether oxygens (including phenoxy) is 4. The fourth-order valence-electron chi connectivity index (χ4n) is 4.80. The lowest BCUT2D eigenvalue weighted by molar-refractivity contribution is -0.165. The monoisotopic (exact) mass is 550 g/mol. The zero-order chi connectivity index (χ0) is 28.6. The summed E-state index contributed by atoms with van der Waals surface area (Å²) in [5.74, 6) is 5.80. The molecule has 1 fully saturated rings. The lowest BCUT2D eigenvalue weighted by Gasteiger charge is -2.28. The second kappa shape index (κ2) is 13.2. The van der Waals surface area contributed by atoms with Crippen LogP contribution in [0.2, 0.25) is 0 Å². The van der Waals surface area contributed by atoms with E-state index in [1.807, 2.05) is 24.3 Å². The Morgan fingerprint density at radius 1 is 1.00 bits per heavy atom. The third kappa shape index (κ3) is 6.59. The SMILES string of the molecule is COC(=O)[C@@H]1[CH][CH][CH][C@H](Oc2ccc(C=O)c(C#CCCNC(=O)OCC3c4ccccc4-c4ccccc43)c2)O1. The summed E-state index contributed by atoms with van der Waals surface area (Å²) in [6.07, 6.45) is 3.74. The molecule has 1 amide bonds. The van der Waals surface area contributed by atoms with Gasteiger partial charge in [-0.15, -0.1) is 0 Å². The molecule has 1 saturated heterocycles. The summed E-state index contributed by atoms with van der Waals surface area (Å²) in [7, 11) is 1.28. The van der Waals surface area contributed by atoms with Crippen molar-refractivity contribution in [3.63, 3.8) is 0 Å².